The first-order chi connectivity index (χ1) is 8.97. The molecule has 0 saturated carbocycles. The molecular weight excluding hydrogens is 266 g/mol. The number of nitrogens with one attached hydrogen (secondary N) is 3. The van der Waals surface area contributed by atoms with Crippen LogP contribution >= 0.6 is 0 Å². The molecule has 0 radical (unpaired) electrons. The maximum Gasteiger partial charge on any atom is 0.236 e. The van der Waals surface area contributed by atoms with Gasteiger partial charge in [0.1, 0.15) is 0 Å². The zero-order valence-electron chi connectivity index (χ0n) is 10.6. The summed E-state index contributed by atoms with van der Waals surface area (Å²) in [7, 11) is -3.38. The molecule has 1 amide bonds. The van der Waals surface area contributed by atoms with Gasteiger partial charge in [0, 0.05) is 19.2 Å². The van der Waals surface area contributed by atoms with E-state index >= 15 is 0 Å². The standard InChI is InChI=1S/C12H17N3O3S/c1-9(16)14-10-3-2-4-11(7-10)15-19(17,18)12-5-6-13-8-12/h2-4,7,12-13,15H,5-6,8H2,1H3,(H,14,16). The van der Waals surface area contributed by atoms with Crippen LogP contribution < -0.4 is 15.4 Å². The molecule has 0 bridgehead atoms. The Hall–Kier alpha value is -1.60. The molecule has 1 aromatic rings. The van der Waals surface area contributed by atoms with E-state index in [0.29, 0.717) is 24.3 Å². The number of rotatable bonds is 4. The van der Waals surface area contributed by atoms with Crippen LogP contribution in [-0.4, -0.2) is 32.7 Å². The highest BCUT2D eigenvalue weighted by Gasteiger charge is 2.28. The fourth-order valence-electron chi connectivity index (χ4n) is 2.00. The van der Waals surface area contributed by atoms with Crippen molar-refractivity contribution in [3.05, 3.63) is 24.3 Å². The first kappa shape index (κ1) is 13.8. The lowest BCUT2D eigenvalue weighted by molar-refractivity contribution is -0.114. The Bertz CT molecular complexity index is 565. The van der Waals surface area contributed by atoms with E-state index in [9.17, 15) is 13.2 Å². The van der Waals surface area contributed by atoms with Crippen LogP contribution in [0.5, 0.6) is 0 Å². The van der Waals surface area contributed by atoms with Gasteiger partial charge in [0.25, 0.3) is 0 Å². The van der Waals surface area contributed by atoms with Crippen molar-refractivity contribution in [2.24, 2.45) is 0 Å². The first-order valence-corrected chi connectivity index (χ1v) is 7.62. The molecule has 1 fully saturated rings. The van der Waals surface area contributed by atoms with E-state index in [1.165, 1.54) is 6.92 Å². The predicted molar refractivity (Wildman–Crippen MR) is 74.6 cm³/mol. The first-order valence-electron chi connectivity index (χ1n) is 6.07. The summed E-state index contributed by atoms with van der Waals surface area (Å²) in [4.78, 5) is 11.0. The van der Waals surface area contributed by atoms with Crippen molar-refractivity contribution < 1.29 is 13.2 Å². The van der Waals surface area contributed by atoms with E-state index < -0.39 is 15.3 Å². The molecule has 0 aliphatic carbocycles. The average Bonchev–Trinajstić information content (AvgIpc) is 2.81. The molecule has 1 unspecified atom stereocenters. The maximum atomic E-state index is 12.1. The third-order valence-electron chi connectivity index (χ3n) is 2.90. The quantitative estimate of drug-likeness (QED) is 0.761. The molecule has 2 rings (SSSR count). The number of carbonyl (C=O) groups excluding carboxylic acids is 1. The highest BCUT2D eigenvalue weighted by molar-refractivity contribution is 7.93. The van der Waals surface area contributed by atoms with Gasteiger partial charge in [-0.2, -0.15) is 0 Å². The molecular formula is C12H17N3O3S. The van der Waals surface area contributed by atoms with Crippen LogP contribution in [0, 0.1) is 0 Å². The maximum absolute atomic E-state index is 12.1. The van der Waals surface area contributed by atoms with Crippen LogP contribution in [0.4, 0.5) is 11.4 Å². The van der Waals surface area contributed by atoms with Crippen molar-refractivity contribution >= 4 is 27.3 Å². The molecule has 1 saturated heterocycles. The summed E-state index contributed by atoms with van der Waals surface area (Å²) in [5, 5.41) is 5.23. The molecule has 1 heterocycles. The molecule has 1 aliphatic rings. The number of benzene rings is 1. The minimum Gasteiger partial charge on any atom is -0.326 e. The Morgan fingerprint density at radius 3 is 2.74 bits per heavy atom. The number of hydrogen-bond acceptors (Lipinski definition) is 4. The Labute approximate surface area is 112 Å². The van der Waals surface area contributed by atoms with Gasteiger partial charge in [-0.25, -0.2) is 8.42 Å². The van der Waals surface area contributed by atoms with E-state index in [4.69, 9.17) is 0 Å². The van der Waals surface area contributed by atoms with Crippen molar-refractivity contribution in [1.82, 2.24) is 5.32 Å². The van der Waals surface area contributed by atoms with Crippen molar-refractivity contribution in [1.29, 1.82) is 0 Å². The lowest BCUT2D eigenvalue weighted by atomic mass is 10.3. The third kappa shape index (κ3) is 3.68. The highest BCUT2D eigenvalue weighted by atomic mass is 32.2. The van der Waals surface area contributed by atoms with Gasteiger partial charge in [0.05, 0.1) is 10.9 Å². The van der Waals surface area contributed by atoms with Gasteiger partial charge in [0.15, 0.2) is 0 Å². The van der Waals surface area contributed by atoms with Crippen LogP contribution in [0.25, 0.3) is 0 Å². The van der Waals surface area contributed by atoms with E-state index in [1.54, 1.807) is 24.3 Å². The van der Waals surface area contributed by atoms with Crippen molar-refractivity contribution in [2.45, 2.75) is 18.6 Å². The second kappa shape index (κ2) is 5.58. The van der Waals surface area contributed by atoms with E-state index in [1.807, 2.05) is 0 Å². The van der Waals surface area contributed by atoms with E-state index in [0.717, 1.165) is 6.54 Å². The number of carbonyl (C=O) groups is 1. The van der Waals surface area contributed by atoms with Crippen molar-refractivity contribution in [2.75, 3.05) is 23.1 Å². The molecule has 19 heavy (non-hydrogen) atoms. The largest absolute Gasteiger partial charge is 0.326 e. The fraction of sp³-hybridized carbons (Fsp3) is 0.417. The zero-order valence-corrected chi connectivity index (χ0v) is 11.5. The predicted octanol–water partition coefficient (Wildman–Crippen LogP) is 0.749. The molecule has 1 atom stereocenters. The smallest absolute Gasteiger partial charge is 0.236 e. The highest BCUT2D eigenvalue weighted by Crippen LogP contribution is 2.19. The zero-order chi connectivity index (χ0) is 13.9. The SMILES string of the molecule is CC(=O)Nc1cccc(NS(=O)(=O)C2CCNC2)c1. The summed E-state index contributed by atoms with van der Waals surface area (Å²) in [6, 6.07) is 6.65. The summed E-state index contributed by atoms with van der Waals surface area (Å²) in [6.07, 6.45) is 0.612. The lowest BCUT2D eigenvalue weighted by Crippen LogP contribution is -2.29. The number of amides is 1. The number of hydrogen-bond donors (Lipinski definition) is 3. The van der Waals surface area contributed by atoms with E-state index in [-0.39, 0.29) is 5.91 Å². The Balaban J connectivity index is 2.12. The number of anilines is 2. The summed E-state index contributed by atoms with van der Waals surface area (Å²) >= 11 is 0. The Kier molecular flexibility index (Phi) is 4.06. The van der Waals surface area contributed by atoms with Crippen LogP contribution in [0.1, 0.15) is 13.3 Å². The molecule has 1 aliphatic heterocycles. The second-order valence-electron chi connectivity index (χ2n) is 4.52. The van der Waals surface area contributed by atoms with Crippen LogP contribution in [0.3, 0.4) is 0 Å². The van der Waals surface area contributed by atoms with Gasteiger partial charge >= 0.3 is 0 Å². The third-order valence-corrected chi connectivity index (χ3v) is 4.70. The van der Waals surface area contributed by atoms with Gasteiger partial charge in [-0.3, -0.25) is 9.52 Å². The van der Waals surface area contributed by atoms with Gasteiger partial charge in [-0.05, 0) is 31.2 Å². The summed E-state index contributed by atoms with van der Waals surface area (Å²) in [5.74, 6) is -0.194. The van der Waals surface area contributed by atoms with Crippen molar-refractivity contribution in [3.63, 3.8) is 0 Å². The minimum atomic E-state index is -3.38. The molecule has 3 N–H and O–H groups in total. The molecule has 104 valence electrons. The molecule has 0 spiro atoms. The average molecular weight is 283 g/mol. The minimum absolute atomic E-state index is 0.194. The molecule has 7 heteroatoms. The Morgan fingerprint density at radius 2 is 2.11 bits per heavy atom. The number of sulfonamides is 1. The van der Waals surface area contributed by atoms with Gasteiger partial charge < -0.3 is 10.6 Å². The summed E-state index contributed by atoms with van der Waals surface area (Å²) in [6.45, 7) is 2.60. The summed E-state index contributed by atoms with van der Waals surface area (Å²) in [5.41, 5.74) is 1.02. The van der Waals surface area contributed by atoms with Crippen LogP contribution in [0.15, 0.2) is 24.3 Å². The normalized spacial score (nSPS) is 19.1. The lowest BCUT2D eigenvalue weighted by Gasteiger charge is -2.13. The van der Waals surface area contributed by atoms with Gasteiger partial charge in [-0.15, -0.1) is 0 Å². The van der Waals surface area contributed by atoms with Crippen LogP contribution in [0.2, 0.25) is 0 Å². The topological polar surface area (TPSA) is 87.3 Å². The molecule has 6 nitrogen and oxygen atoms in total. The molecule has 1 aromatic carbocycles. The van der Waals surface area contributed by atoms with Crippen LogP contribution in [-0.2, 0) is 14.8 Å². The fourth-order valence-corrected chi connectivity index (χ4v) is 3.39. The molecule has 0 aromatic heterocycles. The Morgan fingerprint density at radius 1 is 1.37 bits per heavy atom. The van der Waals surface area contributed by atoms with Crippen molar-refractivity contribution in [3.8, 4) is 0 Å². The summed E-state index contributed by atoms with van der Waals surface area (Å²) < 4.78 is 26.7. The second-order valence-corrected chi connectivity index (χ2v) is 6.48. The van der Waals surface area contributed by atoms with Gasteiger partial charge in [0.2, 0.25) is 15.9 Å². The monoisotopic (exact) mass is 283 g/mol. The van der Waals surface area contributed by atoms with E-state index in [2.05, 4.69) is 15.4 Å². The van der Waals surface area contributed by atoms with Gasteiger partial charge in [-0.1, -0.05) is 6.07 Å².